The number of anilines is 1. The number of rotatable bonds is 2. The summed E-state index contributed by atoms with van der Waals surface area (Å²) in [6.45, 7) is 3.12. The summed E-state index contributed by atoms with van der Waals surface area (Å²) >= 11 is 11.6. The highest BCUT2D eigenvalue weighted by Gasteiger charge is 2.30. The maximum Gasteiger partial charge on any atom is 0.225 e. The lowest BCUT2D eigenvalue weighted by Gasteiger charge is -2.39. The van der Waals surface area contributed by atoms with E-state index in [1.807, 2.05) is 4.90 Å². The second kappa shape index (κ2) is 4.95. The summed E-state index contributed by atoms with van der Waals surface area (Å²) in [5.74, 6) is 0.0338. The van der Waals surface area contributed by atoms with Gasteiger partial charge >= 0.3 is 0 Å². The van der Waals surface area contributed by atoms with Crippen LogP contribution in [-0.2, 0) is 0 Å². The van der Waals surface area contributed by atoms with Gasteiger partial charge in [-0.25, -0.2) is 14.4 Å². The third kappa shape index (κ3) is 2.08. The van der Waals surface area contributed by atoms with Crippen LogP contribution >= 0.6 is 23.2 Å². The number of aryl methyl sites for hydroxylation is 1. The van der Waals surface area contributed by atoms with Gasteiger partial charge in [0.05, 0.1) is 11.1 Å². The predicted octanol–water partition coefficient (Wildman–Crippen LogP) is 2.21. The lowest BCUT2D eigenvalue weighted by Crippen LogP contribution is -2.49. The smallest absolute Gasteiger partial charge is 0.225 e. The Hall–Kier alpha value is -1.24. The molecule has 0 bridgehead atoms. The molecule has 2 aromatic rings. The second-order valence-corrected chi connectivity index (χ2v) is 5.49. The number of hydrogen-bond acceptors (Lipinski definition) is 5. The zero-order valence-corrected chi connectivity index (χ0v) is 12.1. The van der Waals surface area contributed by atoms with Crippen LogP contribution in [0.25, 0.3) is 10.9 Å². The van der Waals surface area contributed by atoms with Crippen LogP contribution in [0, 0.1) is 18.7 Å². The lowest BCUT2D eigenvalue weighted by atomic mass is 10.0. The molecule has 5 nitrogen and oxygen atoms in total. The van der Waals surface area contributed by atoms with Gasteiger partial charge in [0.25, 0.3) is 0 Å². The molecular formula is C12H11Cl2FN4O. The third-order valence-corrected chi connectivity index (χ3v) is 3.81. The van der Waals surface area contributed by atoms with E-state index in [0.717, 1.165) is 0 Å². The minimum Gasteiger partial charge on any atom is -0.396 e. The maximum atomic E-state index is 14.1. The van der Waals surface area contributed by atoms with Crippen LogP contribution < -0.4 is 4.90 Å². The van der Waals surface area contributed by atoms with Gasteiger partial charge in [-0.3, -0.25) is 0 Å². The van der Waals surface area contributed by atoms with E-state index in [2.05, 4.69) is 15.0 Å². The molecule has 0 atom stereocenters. The molecule has 0 radical (unpaired) electrons. The molecule has 1 saturated heterocycles. The van der Waals surface area contributed by atoms with Crippen molar-refractivity contribution in [3.05, 3.63) is 21.9 Å². The number of hydrogen-bond donors (Lipinski definition) is 1. The summed E-state index contributed by atoms with van der Waals surface area (Å²) in [6, 6.07) is 0. The van der Waals surface area contributed by atoms with E-state index in [4.69, 9.17) is 28.3 Å². The Bertz CT molecular complexity index is 691. The molecule has 0 unspecified atom stereocenters. The van der Waals surface area contributed by atoms with Crippen molar-refractivity contribution in [1.29, 1.82) is 0 Å². The molecule has 0 saturated carbocycles. The van der Waals surface area contributed by atoms with Crippen molar-refractivity contribution in [2.75, 3.05) is 24.6 Å². The molecule has 0 amide bonds. The zero-order chi connectivity index (χ0) is 14.4. The fraction of sp³-hybridized carbons (Fsp3) is 0.417. The van der Waals surface area contributed by atoms with Crippen molar-refractivity contribution in [3.8, 4) is 0 Å². The number of aliphatic hydroxyl groups excluding tert-OH is 1. The first-order valence-electron chi connectivity index (χ1n) is 6.06. The van der Waals surface area contributed by atoms with Gasteiger partial charge in [0.15, 0.2) is 11.0 Å². The zero-order valence-electron chi connectivity index (χ0n) is 10.6. The summed E-state index contributed by atoms with van der Waals surface area (Å²) in [5.41, 5.74) is 0.621. The summed E-state index contributed by atoms with van der Waals surface area (Å²) in [7, 11) is 0. The standard InChI is InChI=1S/C12H11Cl2FN4O/c1-5-7-9(8(15)10(13)16-5)17-12(14)18-11(7)19-2-6(3-19)4-20/h6,20H,2-4H2,1H3. The van der Waals surface area contributed by atoms with Gasteiger partial charge in [0.2, 0.25) is 5.28 Å². The van der Waals surface area contributed by atoms with Gasteiger partial charge in [-0.15, -0.1) is 0 Å². The van der Waals surface area contributed by atoms with Crippen molar-refractivity contribution >= 4 is 39.9 Å². The van der Waals surface area contributed by atoms with Gasteiger partial charge in [0.1, 0.15) is 11.3 Å². The predicted molar refractivity (Wildman–Crippen MR) is 74.8 cm³/mol. The normalized spacial score (nSPS) is 15.8. The van der Waals surface area contributed by atoms with Crippen molar-refractivity contribution < 1.29 is 9.50 Å². The molecule has 3 heterocycles. The Kier molecular flexibility index (Phi) is 3.40. The minimum atomic E-state index is -0.697. The second-order valence-electron chi connectivity index (χ2n) is 4.80. The van der Waals surface area contributed by atoms with E-state index >= 15 is 0 Å². The Balaban J connectivity index is 2.19. The molecule has 1 aliphatic heterocycles. The van der Waals surface area contributed by atoms with Gasteiger partial charge in [-0.05, 0) is 18.5 Å². The third-order valence-electron chi connectivity index (χ3n) is 3.39. The molecule has 1 N–H and O–H groups in total. The van der Waals surface area contributed by atoms with Gasteiger partial charge in [-0.1, -0.05) is 11.6 Å². The van der Waals surface area contributed by atoms with Crippen LogP contribution in [0.5, 0.6) is 0 Å². The highest BCUT2D eigenvalue weighted by atomic mass is 35.5. The van der Waals surface area contributed by atoms with Crippen LogP contribution in [0.1, 0.15) is 5.69 Å². The fourth-order valence-corrected chi connectivity index (χ4v) is 2.73. The monoisotopic (exact) mass is 316 g/mol. The molecule has 1 fully saturated rings. The first-order valence-corrected chi connectivity index (χ1v) is 6.81. The van der Waals surface area contributed by atoms with Crippen LogP contribution in [0.4, 0.5) is 10.2 Å². The van der Waals surface area contributed by atoms with Crippen molar-refractivity contribution in [1.82, 2.24) is 15.0 Å². The van der Waals surface area contributed by atoms with Crippen molar-refractivity contribution in [3.63, 3.8) is 0 Å². The number of halogens is 3. The molecular weight excluding hydrogens is 306 g/mol. The van der Waals surface area contributed by atoms with E-state index in [1.54, 1.807) is 6.92 Å². The molecule has 3 rings (SSSR count). The van der Waals surface area contributed by atoms with Crippen LogP contribution in [0.3, 0.4) is 0 Å². The van der Waals surface area contributed by atoms with Crippen LogP contribution in [0.15, 0.2) is 0 Å². The highest BCUT2D eigenvalue weighted by Crippen LogP contribution is 2.34. The SMILES string of the molecule is Cc1nc(Cl)c(F)c2nc(Cl)nc(N3CC(CO)C3)c12. The Morgan fingerprint density at radius 3 is 2.65 bits per heavy atom. The van der Waals surface area contributed by atoms with E-state index in [9.17, 15) is 4.39 Å². The summed E-state index contributed by atoms with van der Waals surface area (Å²) in [6.07, 6.45) is 0. The summed E-state index contributed by atoms with van der Waals surface area (Å²) in [5, 5.41) is 9.32. The number of fused-ring (bicyclic) bond motifs is 1. The number of aromatic nitrogens is 3. The molecule has 0 spiro atoms. The number of nitrogens with zero attached hydrogens (tertiary/aromatic N) is 4. The minimum absolute atomic E-state index is 0.0412. The average Bonchev–Trinajstić information content (AvgIpc) is 2.34. The van der Waals surface area contributed by atoms with E-state index in [-0.39, 0.29) is 28.5 Å². The number of pyridine rings is 1. The molecule has 106 valence electrons. The van der Waals surface area contributed by atoms with Gasteiger partial charge < -0.3 is 10.0 Å². The van der Waals surface area contributed by atoms with Gasteiger partial charge in [0, 0.05) is 25.6 Å². The average molecular weight is 317 g/mol. The molecule has 0 aliphatic carbocycles. The topological polar surface area (TPSA) is 62.1 Å². The van der Waals surface area contributed by atoms with E-state index < -0.39 is 5.82 Å². The molecule has 0 aromatic carbocycles. The molecule has 1 aliphatic rings. The van der Waals surface area contributed by atoms with Gasteiger partial charge in [-0.2, -0.15) is 4.98 Å². The summed E-state index contributed by atoms with van der Waals surface area (Å²) < 4.78 is 14.1. The highest BCUT2D eigenvalue weighted by molar-refractivity contribution is 6.31. The Morgan fingerprint density at radius 2 is 2.00 bits per heavy atom. The maximum absolute atomic E-state index is 14.1. The van der Waals surface area contributed by atoms with Crippen LogP contribution in [0.2, 0.25) is 10.4 Å². The van der Waals surface area contributed by atoms with Crippen molar-refractivity contribution in [2.45, 2.75) is 6.92 Å². The van der Waals surface area contributed by atoms with Crippen molar-refractivity contribution in [2.24, 2.45) is 5.92 Å². The Morgan fingerprint density at radius 1 is 1.30 bits per heavy atom. The Labute approximate surface area is 124 Å². The van der Waals surface area contributed by atoms with E-state index in [0.29, 0.717) is 30.0 Å². The fourth-order valence-electron chi connectivity index (χ4n) is 2.35. The van der Waals surface area contributed by atoms with E-state index in [1.165, 1.54) is 0 Å². The molecule has 2 aromatic heterocycles. The quantitative estimate of drug-likeness (QED) is 0.680. The number of aliphatic hydroxyl groups is 1. The lowest BCUT2D eigenvalue weighted by molar-refractivity contribution is 0.200. The summed E-state index contributed by atoms with van der Waals surface area (Å²) in [4.78, 5) is 14.0. The largest absolute Gasteiger partial charge is 0.396 e. The van der Waals surface area contributed by atoms with Crippen LogP contribution in [-0.4, -0.2) is 39.8 Å². The molecule has 20 heavy (non-hydrogen) atoms. The molecule has 8 heteroatoms. The first-order chi connectivity index (χ1) is 9.51. The first kappa shape index (κ1) is 13.7.